The topological polar surface area (TPSA) is 113 Å². The van der Waals surface area contributed by atoms with Crippen molar-refractivity contribution in [2.24, 2.45) is 0 Å². The number of urea groups is 1. The molecule has 2 aliphatic heterocycles. The molecule has 180 valence electrons. The summed E-state index contributed by atoms with van der Waals surface area (Å²) in [5, 5.41) is 5.66. The number of nitrogens with one attached hydrogen (secondary N) is 2. The van der Waals surface area contributed by atoms with E-state index in [0.717, 1.165) is 5.56 Å². The Morgan fingerprint density at radius 1 is 1.06 bits per heavy atom. The number of amides is 4. The Morgan fingerprint density at radius 2 is 1.83 bits per heavy atom. The molecule has 10 heteroatoms. The minimum absolute atomic E-state index is 0.0591. The van der Waals surface area contributed by atoms with Gasteiger partial charge in [-0.05, 0) is 30.3 Å². The lowest BCUT2D eigenvalue weighted by Crippen LogP contribution is -2.60. The van der Waals surface area contributed by atoms with Crippen molar-refractivity contribution in [3.8, 4) is 22.8 Å². The van der Waals surface area contributed by atoms with E-state index in [9.17, 15) is 14.4 Å². The molecule has 1 saturated heterocycles. The van der Waals surface area contributed by atoms with Gasteiger partial charge in [0, 0.05) is 42.5 Å². The summed E-state index contributed by atoms with van der Waals surface area (Å²) in [6.45, 7) is 0.551. The standard InChI is InChI=1S/C25H24N4O6/c1-33-17-11-16(12-18(13-17)34-2)26-25(32)28-7-8-29-21(14-28)23(30)27-20-6-5-15(10-19(20)24(29)31)22-4-3-9-35-22/h3-6,9-13,21H,7-8,14H2,1-2H3,(H,26,32)(H,27,30)/t21-/m0/s1. The molecule has 3 aromatic rings. The molecule has 0 saturated carbocycles. The normalized spacial score (nSPS) is 17.1. The number of fused-ring (bicyclic) bond motifs is 2. The van der Waals surface area contributed by atoms with Crippen molar-refractivity contribution >= 4 is 29.2 Å². The summed E-state index contributed by atoms with van der Waals surface area (Å²) in [6, 6.07) is 12.6. The molecule has 2 aliphatic rings. The second-order valence-corrected chi connectivity index (χ2v) is 8.22. The molecule has 0 spiro atoms. The second-order valence-electron chi connectivity index (χ2n) is 8.22. The molecule has 0 bridgehead atoms. The van der Waals surface area contributed by atoms with Gasteiger partial charge >= 0.3 is 6.03 Å². The van der Waals surface area contributed by atoms with Gasteiger partial charge in [-0.3, -0.25) is 9.59 Å². The zero-order valence-electron chi connectivity index (χ0n) is 19.2. The Labute approximate surface area is 201 Å². The number of methoxy groups -OCH3 is 2. The minimum atomic E-state index is -0.818. The van der Waals surface area contributed by atoms with Crippen LogP contribution < -0.4 is 20.1 Å². The van der Waals surface area contributed by atoms with Crippen LogP contribution in [0, 0.1) is 0 Å². The van der Waals surface area contributed by atoms with E-state index in [4.69, 9.17) is 13.9 Å². The van der Waals surface area contributed by atoms with Crippen LogP contribution in [0.25, 0.3) is 11.3 Å². The maximum atomic E-state index is 13.4. The summed E-state index contributed by atoms with van der Waals surface area (Å²) in [6.07, 6.45) is 1.56. The van der Waals surface area contributed by atoms with Gasteiger partial charge in [0.25, 0.3) is 5.91 Å². The van der Waals surface area contributed by atoms with Crippen molar-refractivity contribution in [1.82, 2.24) is 9.80 Å². The molecule has 35 heavy (non-hydrogen) atoms. The lowest BCUT2D eigenvalue weighted by molar-refractivity contribution is -0.121. The van der Waals surface area contributed by atoms with Crippen LogP contribution in [0.5, 0.6) is 11.5 Å². The van der Waals surface area contributed by atoms with Gasteiger partial charge in [-0.2, -0.15) is 0 Å². The SMILES string of the molecule is COc1cc(NC(=O)N2CCN3C(=O)c4cc(-c5ccco5)ccc4NC(=O)[C@@H]3C2)cc(OC)c1. The number of carbonyl (C=O) groups is 3. The number of hydrogen-bond donors (Lipinski definition) is 2. The third-order valence-electron chi connectivity index (χ3n) is 6.15. The fourth-order valence-corrected chi connectivity index (χ4v) is 4.31. The van der Waals surface area contributed by atoms with E-state index in [0.29, 0.717) is 34.2 Å². The molecule has 1 aromatic heterocycles. The van der Waals surface area contributed by atoms with E-state index in [1.54, 1.807) is 54.8 Å². The number of ether oxygens (including phenoxy) is 2. The third kappa shape index (κ3) is 4.25. The van der Waals surface area contributed by atoms with E-state index in [1.807, 2.05) is 0 Å². The average Bonchev–Trinajstić information content (AvgIpc) is 3.40. The van der Waals surface area contributed by atoms with Gasteiger partial charge in [0.15, 0.2) is 0 Å². The Bertz CT molecular complexity index is 1270. The van der Waals surface area contributed by atoms with E-state index >= 15 is 0 Å². The smallest absolute Gasteiger partial charge is 0.321 e. The van der Waals surface area contributed by atoms with Crippen LogP contribution in [0.2, 0.25) is 0 Å². The van der Waals surface area contributed by atoms with Crippen LogP contribution >= 0.6 is 0 Å². The zero-order chi connectivity index (χ0) is 24.5. The van der Waals surface area contributed by atoms with Crippen molar-refractivity contribution in [2.75, 3.05) is 44.5 Å². The van der Waals surface area contributed by atoms with E-state index in [1.165, 1.54) is 24.0 Å². The van der Waals surface area contributed by atoms with Gasteiger partial charge in [0.1, 0.15) is 23.3 Å². The lowest BCUT2D eigenvalue weighted by Gasteiger charge is -2.39. The monoisotopic (exact) mass is 476 g/mol. The van der Waals surface area contributed by atoms with E-state index in [2.05, 4.69) is 10.6 Å². The molecule has 3 heterocycles. The number of piperazine rings is 1. The molecule has 10 nitrogen and oxygen atoms in total. The number of rotatable bonds is 4. The van der Waals surface area contributed by atoms with E-state index in [-0.39, 0.29) is 37.5 Å². The Hall–Kier alpha value is -4.47. The summed E-state index contributed by atoms with van der Waals surface area (Å²) < 4.78 is 15.9. The minimum Gasteiger partial charge on any atom is -0.497 e. The third-order valence-corrected chi connectivity index (χ3v) is 6.15. The maximum Gasteiger partial charge on any atom is 0.321 e. The van der Waals surface area contributed by atoms with Crippen molar-refractivity contribution in [3.63, 3.8) is 0 Å². The molecule has 5 rings (SSSR count). The summed E-state index contributed by atoms with van der Waals surface area (Å²) in [7, 11) is 3.05. The highest BCUT2D eigenvalue weighted by Crippen LogP contribution is 2.31. The fourth-order valence-electron chi connectivity index (χ4n) is 4.31. The predicted molar refractivity (Wildman–Crippen MR) is 128 cm³/mol. The van der Waals surface area contributed by atoms with Crippen LogP contribution in [-0.2, 0) is 4.79 Å². The summed E-state index contributed by atoms with van der Waals surface area (Å²) in [5.41, 5.74) is 2.05. The average molecular weight is 476 g/mol. The lowest BCUT2D eigenvalue weighted by atomic mass is 10.1. The number of nitrogens with zero attached hydrogens (tertiary/aromatic N) is 2. The molecule has 1 atom stereocenters. The van der Waals surface area contributed by atoms with Crippen LogP contribution in [0.3, 0.4) is 0 Å². The molecule has 2 aromatic carbocycles. The zero-order valence-corrected chi connectivity index (χ0v) is 19.2. The van der Waals surface area contributed by atoms with Crippen molar-refractivity contribution in [3.05, 3.63) is 60.4 Å². The van der Waals surface area contributed by atoms with Crippen LogP contribution in [0.15, 0.2) is 59.2 Å². The Balaban J connectivity index is 1.34. The van der Waals surface area contributed by atoms with Gasteiger partial charge in [-0.1, -0.05) is 0 Å². The van der Waals surface area contributed by atoms with Crippen molar-refractivity contribution in [1.29, 1.82) is 0 Å². The van der Waals surface area contributed by atoms with Crippen LogP contribution in [0.1, 0.15) is 10.4 Å². The highest BCUT2D eigenvalue weighted by Gasteiger charge is 2.40. The fraction of sp³-hybridized carbons (Fsp3) is 0.240. The Morgan fingerprint density at radius 3 is 2.51 bits per heavy atom. The highest BCUT2D eigenvalue weighted by atomic mass is 16.5. The summed E-state index contributed by atoms with van der Waals surface area (Å²) in [4.78, 5) is 42.5. The summed E-state index contributed by atoms with van der Waals surface area (Å²) in [5.74, 6) is 1.08. The number of furan rings is 1. The van der Waals surface area contributed by atoms with Crippen LogP contribution in [0.4, 0.5) is 16.2 Å². The predicted octanol–water partition coefficient (Wildman–Crippen LogP) is 3.27. The van der Waals surface area contributed by atoms with Gasteiger partial charge in [0.2, 0.25) is 5.91 Å². The van der Waals surface area contributed by atoms with Crippen molar-refractivity contribution < 1.29 is 28.3 Å². The first kappa shape index (κ1) is 22.3. The molecule has 0 unspecified atom stereocenters. The molecule has 4 amide bonds. The largest absolute Gasteiger partial charge is 0.497 e. The van der Waals surface area contributed by atoms with Gasteiger partial charge < -0.3 is 34.3 Å². The molecule has 0 radical (unpaired) electrons. The number of anilines is 2. The molecular formula is C25H24N4O6. The van der Waals surface area contributed by atoms with Crippen LogP contribution in [-0.4, -0.2) is 67.5 Å². The van der Waals surface area contributed by atoms with Gasteiger partial charge in [-0.25, -0.2) is 4.79 Å². The number of carbonyl (C=O) groups excluding carboxylic acids is 3. The Kier molecular flexibility index (Phi) is 5.77. The highest BCUT2D eigenvalue weighted by molar-refractivity contribution is 6.11. The molecule has 2 N–H and O–H groups in total. The van der Waals surface area contributed by atoms with Crippen molar-refractivity contribution in [2.45, 2.75) is 6.04 Å². The number of hydrogen-bond acceptors (Lipinski definition) is 6. The second kappa shape index (κ2) is 9.05. The quantitative estimate of drug-likeness (QED) is 0.598. The first-order chi connectivity index (χ1) is 17.0. The summed E-state index contributed by atoms with van der Waals surface area (Å²) >= 11 is 0. The number of benzene rings is 2. The van der Waals surface area contributed by atoms with E-state index < -0.39 is 6.04 Å². The van der Waals surface area contributed by atoms with Gasteiger partial charge in [0.05, 0.1) is 38.3 Å². The molecule has 1 fully saturated rings. The molecular weight excluding hydrogens is 452 g/mol. The maximum absolute atomic E-state index is 13.4. The van der Waals surface area contributed by atoms with Gasteiger partial charge in [-0.15, -0.1) is 0 Å². The first-order valence-electron chi connectivity index (χ1n) is 11.1. The first-order valence-corrected chi connectivity index (χ1v) is 11.1. The molecule has 0 aliphatic carbocycles.